The third-order valence-electron chi connectivity index (χ3n) is 3.42. The number of benzene rings is 2. The molecule has 0 aliphatic rings. The summed E-state index contributed by atoms with van der Waals surface area (Å²) in [7, 11) is -3.66. The van der Waals surface area contributed by atoms with Crippen molar-refractivity contribution in [3.05, 3.63) is 65.7 Å². The molecule has 106 valence electrons. The Bertz CT molecular complexity index is 678. The molecule has 4 heteroatoms. The molecule has 0 N–H and O–H groups in total. The third-order valence-corrected chi connectivity index (χ3v) is 6.78. The average Bonchev–Trinajstić information content (AvgIpc) is 2.47. The van der Waals surface area contributed by atoms with E-state index in [4.69, 9.17) is 11.6 Å². The van der Waals surface area contributed by atoms with Gasteiger partial charge in [0, 0.05) is 0 Å². The van der Waals surface area contributed by atoms with Gasteiger partial charge in [0.25, 0.3) is 0 Å². The minimum Gasteiger partial charge on any atom is -0.221 e. The van der Waals surface area contributed by atoms with Crippen molar-refractivity contribution < 1.29 is 8.42 Å². The number of aryl methyl sites for hydroxylation is 1. The summed E-state index contributed by atoms with van der Waals surface area (Å²) < 4.78 is 24.3. The molecular formula is C16H17ClO2S. The second-order valence-corrected chi connectivity index (χ2v) is 7.81. The van der Waals surface area contributed by atoms with Crippen LogP contribution < -0.4 is 0 Å². The highest BCUT2D eigenvalue weighted by Crippen LogP contribution is 2.42. The molecule has 0 amide bonds. The van der Waals surface area contributed by atoms with E-state index in [1.165, 1.54) is 0 Å². The van der Waals surface area contributed by atoms with Crippen LogP contribution in [0.15, 0.2) is 59.5 Å². The van der Waals surface area contributed by atoms with Crippen molar-refractivity contribution in [1.82, 2.24) is 0 Å². The largest absolute Gasteiger partial charge is 0.221 e. The summed E-state index contributed by atoms with van der Waals surface area (Å²) in [4.78, 5) is 0.254. The predicted octanol–water partition coefficient (Wildman–Crippen LogP) is 4.27. The van der Waals surface area contributed by atoms with Gasteiger partial charge in [-0.2, -0.15) is 0 Å². The predicted molar refractivity (Wildman–Crippen MR) is 82.6 cm³/mol. The van der Waals surface area contributed by atoms with Gasteiger partial charge in [0.2, 0.25) is 9.84 Å². The Morgan fingerprint density at radius 1 is 1.00 bits per heavy atom. The Balaban J connectivity index is 2.58. The van der Waals surface area contributed by atoms with Crippen LogP contribution in [0.25, 0.3) is 0 Å². The van der Waals surface area contributed by atoms with E-state index in [0.717, 1.165) is 5.56 Å². The lowest BCUT2D eigenvalue weighted by Crippen LogP contribution is -2.29. The van der Waals surface area contributed by atoms with Gasteiger partial charge in [-0.05, 0) is 31.0 Å². The lowest BCUT2D eigenvalue weighted by atomic mass is 10.1. The maximum atomic E-state index is 12.9. The van der Waals surface area contributed by atoms with Crippen LogP contribution >= 0.6 is 11.6 Å². The van der Waals surface area contributed by atoms with E-state index < -0.39 is 14.0 Å². The molecule has 2 aromatic carbocycles. The molecule has 0 aliphatic carbocycles. The van der Waals surface area contributed by atoms with Gasteiger partial charge in [-0.15, -0.1) is 0 Å². The van der Waals surface area contributed by atoms with Crippen molar-refractivity contribution in [1.29, 1.82) is 0 Å². The second-order valence-electron chi connectivity index (χ2n) is 4.76. The van der Waals surface area contributed by atoms with E-state index in [9.17, 15) is 8.42 Å². The van der Waals surface area contributed by atoms with Gasteiger partial charge in [-0.3, -0.25) is 0 Å². The number of hydrogen-bond acceptors (Lipinski definition) is 2. The molecule has 0 spiro atoms. The number of sulfone groups is 1. The van der Waals surface area contributed by atoms with Gasteiger partial charge in [-0.25, -0.2) is 8.42 Å². The summed E-state index contributed by atoms with van der Waals surface area (Å²) in [5, 5.41) is 0. The van der Waals surface area contributed by atoms with Crippen molar-refractivity contribution in [3.63, 3.8) is 0 Å². The van der Waals surface area contributed by atoms with Crippen LogP contribution in [0.4, 0.5) is 0 Å². The van der Waals surface area contributed by atoms with E-state index in [-0.39, 0.29) is 4.90 Å². The zero-order valence-electron chi connectivity index (χ0n) is 11.5. The van der Waals surface area contributed by atoms with Crippen LogP contribution in [0.1, 0.15) is 24.5 Å². The second kappa shape index (κ2) is 5.58. The summed E-state index contributed by atoms with van der Waals surface area (Å²) >= 11 is 6.53. The Labute approximate surface area is 125 Å². The van der Waals surface area contributed by atoms with Crippen LogP contribution in [-0.2, 0) is 14.0 Å². The van der Waals surface area contributed by atoms with E-state index >= 15 is 0 Å². The average molecular weight is 309 g/mol. The monoisotopic (exact) mass is 308 g/mol. The number of hydrogen-bond donors (Lipinski definition) is 0. The Morgan fingerprint density at radius 2 is 1.55 bits per heavy atom. The van der Waals surface area contributed by atoms with Crippen molar-refractivity contribution >= 4 is 21.4 Å². The minimum atomic E-state index is -3.66. The fourth-order valence-corrected chi connectivity index (χ4v) is 4.23. The van der Waals surface area contributed by atoms with Gasteiger partial charge >= 0.3 is 0 Å². The van der Waals surface area contributed by atoms with Crippen molar-refractivity contribution in [2.45, 2.75) is 29.4 Å². The van der Waals surface area contributed by atoms with E-state index in [0.29, 0.717) is 12.0 Å². The first kappa shape index (κ1) is 15.1. The summed E-state index contributed by atoms with van der Waals surface area (Å²) in [5.74, 6) is 0. The summed E-state index contributed by atoms with van der Waals surface area (Å²) in [6, 6.07) is 15.7. The first-order valence-corrected chi connectivity index (χ1v) is 8.33. The smallest absolute Gasteiger partial charge is 0.202 e. The first-order chi connectivity index (χ1) is 9.41. The first-order valence-electron chi connectivity index (χ1n) is 6.47. The SMILES string of the molecule is CCC(Cl)(c1ccccc1)S(=O)(=O)c1ccc(C)cc1. The van der Waals surface area contributed by atoms with E-state index in [1.807, 2.05) is 13.0 Å². The molecule has 0 saturated heterocycles. The Kier molecular flexibility index (Phi) is 4.21. The van der Waals surface area contributed by atoms with Gasteiger partial charge in [-0.1, -0.05) is 66.6 Å². The third kappa shape index (κ3) is 2.48. The van der Waals surface area contributed by atoms with Crippen molar-refractivity contribution in [2.75, 3.05) is 0 Å². The molecule has 0 heterocycles. The topological polar surface area (TPSA) is 34.1 Å². The quantitative estimate of drug-likeness (QED) is 0.790. The highest BCUT2D eigenvalue weighted by molar-refractivity contribution is 7.93. The normalized spacial score (nSPS) is 14.8. The maximum absolute atomic E-state index is 12.9. The van der Waals surface area contributed by atoms with Gasteiger partial charge < -0.3 is 0 Å². The maximum Gasteiger partial charge on any atom is 0.202 e. The van der Waals surface area contributed by atoms with Gasteiger partial charge in [0.1, 0.15) is 0 Å². The lowest BCUT2D eigenvalue weighted by Gasteiger charge is -2.26. The molecule has 0 aliphatic heterocycles. The summed E-state index contributed by atoms with van der Waals surface area (Å²) in [6.07, 6.45) is 0.300. The standard InChI is InChI=1S/C16H17ClO2S/c1-3-16(17,14-7-5-4-6-8-14)20(18,19)15-11-9-13(2)10-12-15/h4-12H,3H2,1-2H3. The van der Waals surface area contributed by atoms with Gasteiger partial charge in [0.05, 0.1) is 4.90 Å². The number of rotatable bonds is 4. The van der Waals surface area contributed by atoms with Crippen LogP contribution in [0, 0.1) is 6.92 Å². The van der Waals surface area contributed by atoms with Crippen LogP contribution in [-0.4, -0.2) is 8.42 Å². The summed E-state index contributed by atoms with van der Waals surface area (Å²) in [5.41, 5.74) is 1.62. The van der Waals surface area contributed by atoms with Crippen LogP contribution in [0.2, 0.25) is 0 Å². The van der Waals surface area contributed by atoms with Crippen LogP contribution in [0.5, 0.6) is 0 Å². The Morgan fingerprint density at radius 3 is 2.05 bits per heavy atom. The van der Waals surface area contributed by atoms with Crippen LogP contribution in [0.3, 0.4) is 0 Å². The van der Waals surface area contributed by atoms with Crippen molar-refractivity contribution in [3.8, 4) is 0 Å². The highest BCUT2D eigenvalue weighted by Gasteiger charge is 2.42. The highest BCUT2D eigenvalue weighted by atomic mass is 35.5. The molecule has 0 radical (unpaired) electrons. The summed E-state index contributed by atoms with van der Waals surface area (Å²) in [6.45, 7) is 3.70. The van der Waals surface area contributed by atoms with E-state index in [1.54, 1.807) is 55.5 Å². The molecule has 1 unspecified atom stereocenters. The lowest BCUT2D eigenvalue weighted by molar-refractivity contribution is 0.568. The Hall–Kier alpha value is -1.32. The van der Waals surface area contributed by atoms with Crippen molar-refractivity contribution in [2.24, 2.45) is 0 Å². The molecule has 0 fully saturated rings. The number of alkyl halides is 1. The molecule has 2 aromatic rings. The molecule has 0 saturated carbocycles. The number of halogens is 1. The van der Waals surface area contributed by atoms with Gasteiger partial charge in [0.15, 0.2) is 4.21 Å². The zero-order valence-corrected chi connectivity index (χ0v) is 13.1. The van der Waals surface area contributed by atoms with E-state index in [2.05, 4.69) is 0 Å². The molecule has 0 bridgehead atoms. The fraction of sp³-hybridized carbons (Fsp3) is 0.250. The zero-order chi connectivity index (χ0) is 14.8. The molecule has 0 aromatic heterocycles. The molecule has 1 atom stereocenters. The molecule has 2 nitrogen and oxygen atoms in total. The molecule has 2 rings (SSSR count). The minimum absolute atomic E-state index is 0.254. The fourth-order valence-electron chi connectivity index (χ4n) is 2.14. The molecular weight excluding hydrogens is 292 g/mol. The molecule has 20 heavy (non-hydrogen) atoms.